The second-order valence-electron chi connectivity index (χ2n) is 3.00. The summed E-state index contributed by atoms with van der Waals surface area (Å²) in [5, 5.41) is 0. The molecule has 2 N–H and O–H groups in total. The Kier molecular flexibility index (Phi) is 4.10. The first-order chi connectivity index (χ1) is 6.66. The first-order valence-corrected chi connectivity index (χ1v) is 5.16. The largest absolute Gasteiger partial charge is 0.340 e. The summed E-state index contributed by atoms with van der Waals surface area (Å²) in [5.41, 5.74) is 6.05. The van der Waals surface area contributed by atoms with Crippen molar-refractivity contribution < 1.29 is 4.79 Å². The fourth-order valence-electron chi connectivity index (χ4n) is 1.14. The molecule has 4 heteroatoms. The van der Waals surface area contributed by atoms with E-state index in [9.17, 15) is 4.79 Å². The number of halogens is 1. The summed E-state index contributed by atoms with van der Waals surface area (Å²) in [6.45, 7) is 1.05. The molecule has 0 fully saturated rings. The average molecular weight is 257 g/mol. The van der Waals surface area contributed by atoms with Crippen molar-refractivity contribution in [1.82, 2.24) is 4.90 Å². The molecule has 0 unspecified atom stereocenters. The van der Waals surface area contributed by atoms with Gasteiger partial charge in [-0.15, -0.1) is 0 Å². The van der Waals surface area contributed by atoms with Crippen LogP contribution in [0.25, 0.3) is 0 Å². The minimum Gasteiger partial charge on any atom is -0.340 e. The van der Waals surface area contributed by atoms with E-state index in [-0.39, 0.29) is 5.91 Å². The molecule has 1 aromatic carbocycles. The molecule has 1 amide bonds. The topological polar surface area (TPSA) is 46.3 Å². The van der Waals surface area contributed by atoms with Gasteiger partial charge in [0.05, 0.1) is 5.56 Å². The Labute approximate surface area is 92.0 Å². The molecule has 0 radical (unpaired) electrons. The van der Waals surface area contributed by atoms with E-state index in [0.29, 0.717) is 18.7 Å². The molecule has 0 spiro atoms. The van der Waals surface area contributed by atoms with Gasteiger partial charge in [-0.3, -0.25) is 4.79 Å². The van der Waals surface area contributed by atoms with E-state index in [4.69, 9.17) is 5.73 Å². The maximum atomic E-state index is 11.8. The highest BCUT2D eigenvalue weighted by molar-refractivity contribution is 9.10. The third-order valence-electron chi connectivity index (χ3n) is 1.92. The standard InChI is InChI=1S/C10H13BrN2O/c1-13(7-6-12)10(14)8-4-2-3-5-9(8)11/h2-5H,6-7,12H2,1H3. The highest BCUT2D eigenvalue weighted by Gasteiger charge is 2.12. The lowest BCUT2D eigenvalue weighted by molar-refractivity contribution is 0.0798. The van der Waals surface area contributed by atoms with Crippen LogP contribution in [0.1, 0.15) is 10.4 Å². The van der Waals surface area contributed by atoms with E-state index in [0.717, 1.165) is 4.47 Å². The highest BCUT2D eigenvalue weighted by Crippen LogP contribution is 2.17. The summed E-state index contributed by atoms with van der Waals surface area (Å²) in [6.07, 6.45) is 0. The number of nitrogens with zero attached hydrogens (tertiary/aromatic N) is 1. The molecule has 1 rings (SSSR count). The molecule has 0 heterocycles. The second-order valence-corrected chi connectivity index (χ2v) is 3.85. The lowest BCUT2D eigenvalue weighted by Gasteiger charge is -2.16. The molecule has 0 aliphatic carbocycles. The van der Waals surface area contributed by atoms with E-state index in [1.54, 1.807) is 18.0 Å². The van der Waals surface area contributed by atoms with Gasteiger partial charge in [0.15, 0.2) is 0 Å². The van der Waals surface area contributed by atoms with Crippen molar-refractivity contribution >= 4 is 21.8 Å². The average Bonchev–Trinajstić information content (AvgIpc) is 2.18. The van der Waals surface area contributed by atoms with Gasteiger partial charge >= 0.3 is 0 Å². The molecule has 0 saturated carbocycles. The Balaban J connectivity index is 2.84. The predicted octanol–water partition coefficient (Wildman–Crippen LogP) is 1.48. The van der Waals surface area contributed by atoms with E-state index in [1.165, 1.54) is 0 Å². The molecule has 14 heavy (non-hydrogen) atoms. The number of benzene rings is 1. The fraction of sp³-hybridized carbons (Fsp3) is 0.300. The molecule has 0 saturated heterocycles. The summed E-state index contributed by atoms with van der Waals surface area (Å²) < 4.78 is 0.814. The Morgan fingerprint density at radius 1 is 1.50 bits per heavy atom. The maximum absolute atomic E-state index is 11.8. The number of likely N-dealkylation sites (N-methyl/N-ethyl adjacent to an activating group) is 1. The van der Waals surface area contributed by atoms with Gasteiger partial charge in [-0.25, -0.2) is 0 Å². The number of hydrogen-bond acceptors (Lipinski definition) is 2. The quantitative estimate of drug-likeness (QED) is 0.891. The van der Waals surface area contributed by atoms with Crippen LogP contribution < -0.4 is 5.73 Å². The smallest absolute Gasteiger partial charge is 0.254 e. The summed E-state index contributed by atoms with van der Waals surface area (Å²) in [5.74, 6) is -0.0112. The van der Waals surface area contributed by atoms with Crippen LogP contribution in [0.2, 0.25) is 0 Å². The van der Waals surface area contributed by atoms with Gasteiger partial charge in [0.2, 0.25) is 0 Å². The van der Waals surface area contributed by atoms with Gasteiger partial charge in [-0.2, -0.15) is 0 Å². The summed E-state index contributed by atoms with van der Waals surface area (Å²) in [4.78, 5) is 13.4. The molecule has 0 aliphatic heterocycles. The van der Waals surface area contributed by atoms with Gasteiger partial charge in [0.25, 0.3) is 5.91 Å². The molecule has 0 aliphatic rings. The Bertz CT molecular complexity index is 328. The van der Waals surface area contributed by atoms with Crippen molar-refractivity contribution in [2.24, 2.45) is 5.73 Å². The van der Waals surface area contributed by atoms with E-state index < -0.39 is 0 Å². The summed E-state index contributed by atoms with van der Waals surface area (Å²) in [6, 6.07) is 7.36. The minimum atomic E-state index is -0.0112. The third-order valence-corrected chi connectivity index (χ3v) is 2.61. The van der Waals surface area contributed by atoms with Crippen molar-refractivity contribution in [3.8, 4) is 0 Å². The molecule has 0 bridgehead atoms. The molecule has 76 valence electrons. The molecule has 0 aromatic heterocycles. The van der Waals surface area contributed by atoms with Crippen LogP contribution in [0.3, 0.4) is 0 Å². The fourth-order valence-corrected chi connectivity index (χ4v) is 1.59. The van der Waals surface area contributed by atoms with Crippen LogP contribution in [0, 0.1) is 0 Å². The van der Waals surface area contributed by atoms with Gasteiger partial charge in [-0.05, 0) is 28.1 Å². The van der Waals surface area contributed by atoms with E-state index in [1.807, 2.05) is 18.2 Å². The molecular formula is C10H13BrN2O. The normalized spacial score (nSPS) is 9.93. The zero-order chi connectivity index (χ0) is 10.6. The van der Waals surface area contributed by atoms with Crippen LogP contribution in [-0.2, 0) is 0 Å². The zero-order valence-electron chi connectivity index (χ0n) is 8.03. The van der Waals surface area contributed by atoms with Crippen LogP contribution in [0.5, 0.6) is 0 Å². The second kappa shape index (κ2) is 5.12. The van der Waals surface area contributed by atoms with Crippen LogP contribution in [-0.4, -0.2) is 30.9 Å². The van der Waals surface area contributed by atoms with Gasteiger partial charge < -0.3 is 10.6 Å². The summed E-state index contributed by atoms with van der Waals surface area (Å²) in [7, 11) is 1.74. The first-order valence-electron chi connectivity index (χ1n) is 4.37. The number of carbonyl (C=O) groups is 1. The molecule has 0 atom stereocenters. The van der Waals surface area contributed by atoms with E-state index >= 15 is 0 Å². The molecule has 3 nitrogen and oxygen atoms in total. The number of rotatable bonds is 3. The SMILES string of the molecule is CN(CCN)C(=O)c1ccccc1Br. The van der Waals surface area contributed by atoms with Crippen molar-refractivity contribution in [1.29, 1.82) is 0 Å². The minimum absolute atomic E-state index is 0.0112. The van der Waals surface area contributed by atoms with Crippen LogP contribution >= 0.6 is 15.9 Å². The maximum Gasteiger partial charge on any atom is 0.254 e. The first kappa shape index (κ1) is 11.2. The van der Waals surface area contributed by atoms with Crippen molar-refractivity contribution in [3.63, 3.8) is 0 Å². The molecule has 1 aromatic rings. The zero-order valence-corrected chi connectivity index (χ0v) is 9.62. The Hall–Kier alpha value is -0.870. The number of nitrogens with two attached hydrogens (primary N) is 1. The van der Waals surface area contributed by atoms with Crippen LogP contribution in [0.4, 0.5) is 0 Å². The number of hydrogen-bond donors (Lipinski definition) is 1. The van der Waals surface area contributed by atoms with Gasteiger partial charge in [0.1, 0.15) is 0 Å². The lowest BCUT2D eigenvalue weighted by Crippen LogP contribution is -2.31. The van der Waals surface area contributed by atoms with Gasteiger partial charge in [-0.1, -0.05) is 12.1 Å². The summed E-state index contributed by atoms with van der Waals surface area (Å²) >= 11 is 3.34. The van der Waals surface area contributed by atoms with Crippen molar-refractivity contribution in [2.75, 3.05) is 20.1 Å². The monoisotopic (exact) mass is 256 g/mol. The molecular weight excluding hydrogens is 244 g/mol. The highest BCUT2D eigenvalue weighted by atomic mass is 79.9. The third kappa shape index (κ3) is 2.56. The number of carbonyl (C=O) groups excluding carboxylic acids is 1. The predicted molar refractivity (Wildman–Crippen MR) is 60.2 cm³/mol. The number of amides is 1. The lowest BCUT2D eigenvalue weighted by atomic mass is 10.2. The van der Waals surface area contributed by atoms with Gasteiger partial charge in [0, 0.05) is 24.6 Å². The Morgan fingerprint density at radius 2 is 2.14 bits per heavy atom. The van der Waals surface area contributed by atoms with Crippen molar-refractivity contribution in [2.45, 2.75) is 0 Å². The van der Waals surface area contributed by atoms with E-state index in [2.05, 4.69) is 15.9 Å². The van der Waals surface area contributed by atoms with Crippen molar-refractivity contribution in [3.05, 3.63) is 34.3 Å². The van der Waals surface area contributed by atoms with Crippen LogP contribution in [0.15, 0.2) is 28.7 Å². The Morgan fingerprint density at radius 3 is 2.71 bits per heavy atom.